The molecule has 0 aliphatic heterocycles. The first-order chi connectivity index (χ1) is 10.0. The smallest absolute Gasteiger partial charge is 0.142 e. The number of aryl methyl sites for hydroxylation is 1. The molecule has 21 heavy (non-hydrogen) atoms. The zero-order chi connectivity index (χ0) is 15.4. The van der Waals surface area contributed by atoms with Gasteiger partial charge in [0.25, 0.3) is 0 Å². The predicted molar refractivity (Wildman–Crippen MR) is 89.8 cm³/mol. The second-order valence-electron chi connectivity index (χ2n) is 4.62. The first-order valence-corrected chi connectivity index (χ1v) is 7.85. The van der Waals surface area contributed by atoms with E-state index in [0.29, 0.717) is 11.0 Å². The number of hydrogen-bond donors (Lipinski definition) is 1. The molecule has 0 atom stereocenters. The lowest BCUT2D eigenvalue weighted by Crippen LogP contribution is -2.04. The monoisotopic (exact) mass is 369 g/mol. The Balaban J connectivity index is 2.41. The van der Waals surface area contributed by atoms with Crippen LogP contribution in [-0.4, -0.2) is 17.1 Å². The Morgan fingerprint density at radius 2 is 2.10 bits per heavy atom. The van der Waals surface area contributed by atoms with Gasteiger partial charge in [0.15, 0.2) is 0 Å². The number of nitrogens with one attached hydrogen (secondary N) is 1. The van der Waals surface area contributed by atoms with Gasteiger partial charge < -0.3 is 10.1 Å². The second kappa shape index (κ2) is 7.09. The van der Waals surface area contributed by atoms with Gasteiger partial charge >= 0.3 is 0 Å². The Morgan fingerprint density at radius 3 is 2.76 bits per heavy atom. The third-order valence-electron chi connectivity index (χ3n) is 3.02. The van der Waals surface area contributed by atoms with Gasteiger partial charge in [0.1, 0.15) is 22.5 Å². The fraction of sp³-hybridized carbons (Fsp3) is 0.333. The largest absolute Gasteiger partial charge is 0.495 e. The summed E-state index contributed by atoms with van der Waals surface area (Å²) in [6.07, 6.45) is 1.77. The molecule has 1 heterocycles. The van der Waals surface area contributed by atoms with Crippen LogP contribution < -0.4 is 10.1 Å². The topological polar surface area (TPSA) is 47.0 Å². The number of benzene rings is 1. The molecule has 0 aliphatic carbocycles. The number of methoxy groups -OCH3 is 1. The molecule has 4 nitrogen and oxygen atoms in total. The molecular formula is C15H17BrClN3O. The minimum atomic E-state index is 0.477. The van der Waals surface area contributed by atoms with Crippen LogP contribution >= 0.6 is 27.5 Å². The van der Waals surface area contributed by atoms with Crippen LogP contribution in [-0.2, 0) is 6.42 Å². The van der Waals surface area contributed by atoms with Crippen molar-refractivity contribution < 1.29 is 4.74 Å². The molecule has 0 fully saturated rings. The highest BCUT2D eigenvalue weighted by molar-refractivity contribution is 9.10. The minimum absolute atomic E-state index is 0.477. The number of hydrogen-bond acceptors (Lipinski definition) is 4. The third-order valence-corrected chi connectivity index (χ3v) is 3.88. The highest BCUT2D eigenvalue weighted by atomic mass is 79.9. The molecule has 0 aliphatic rings. The highest BCUT2D eigenvalue weighted by Crippen LogP contribution is 2.32. The molecular weight excluding hydrogens is 354 g/mol. The van der Waals surface area contributed by atoms with Gasteiger partial charge in [-0.05, 0) is 31.5 Å². The predicted octanol–water partition coefficient (Wildman–Crippen LogP) is 4.91. The van der Waals surface area contributed by atoms with Crippen LogP contribution in [0.4, 0.5) is 11.5 Å². The molecule has 1 N–H and O–H groups in total. The van der Waals surface area contributed by atoms with E-state index in [0.717, 1.165) is 40.1 Å². The molecule has 1 aromatic carbocycles. The second-order valence-corrected chi connectivity index (χ2v) is 5.90. The zero-order valence-corrected chi connectivity index (χ0v) is 14.5. The van der Waals surface area contributed by atoms with E-state index in [1.165, 1.54) is 0 Å². The van der Waals surface area contributed by atoms with Gasteiger partial charge in [-0.25, -0.2) is 9.97 Å². The van der Waals surface area contributed by atoms with Gasteiger partial charge in [-0.3, -0.25) is 0 Å². The van der Waals surface area contributed by atoms with Crippen LogP contribution in [0, 0.1) is 6.92 Å². The average molecular weight is 371 g/mol. The number of rotatable bonds is 5. The van der Waals surface area contributed by atoms with Crippen LogP contribution in [0.2, 0.25) is 5.15 Å². The molecule has 0 bridgehead atoms. The summed E-state index contributed by atoms with van der Waals surface area (Å²) in [5.41, 5.74) is 1.64. The van der Waals surface area contributed by atoms with Gasteiger partial charge in [-0.1, -0.05) is 34.5 Å². The standard InChI is InChI=1S/C15H17BrClN3O/c1-4-5-13-19-14(17)9(2)15(20-13)18-11-8-10(16)6-7-12(11)21-3/h6-8H,4-5H2,1-3H3,(H,18,19,20). The van der Waals surface area contributed by atoms with E-state index in [4.69, 9.17) is 16.3 Å². The lowest BCUT2D eigenvalue weighted by atomic mass is 10.2. The van der Waals surface area contributed by atoms with Gasteiger partial charge in [0.05, 0.1) is 12.8 Å². The summed E-state index contributed by atoms with van der Waals surface area (Å²) >= 11 is 9.65. The van der Waals surface area contributed by atoms with Crippen LogP contribution in [0.5, 0.6) is 5.75 Å². The van der Waals surface area contributed by atoms with Crippen molar-refractivity contribution in [3.63, 3.8) is 0 Å². The summed E-state index contributed by atoms with van der Waals surface area (Å²) < 4.78 is 6.32. The van der Waals surface area contributed by atoms with Crippen molar-refractivity contribution in [2.45, 2.75) is 26.7 Å². The van der Waals surface area contributed by atoms with Crippen molar-refractivity contribution in [1.82, 2.24) is 9.97 Å². The number of aromatic nitrogens is 2. The average Bonchev–Trinajstić information content (AvgIpc) is 2.45. The van der Waals surface area contributed by atoms with Crippen molar-refractivity contribution >= 4 is 39.0 Å². The Kier molecular flexibility index (Phi) is 5.42. The van der Waals surface area contributed by atoms with Crippen molar-refractivity contribution in [2.24, 2.45) is 0 Å². The summed E-state index contributed by atoms with van der Waals surface area (Å²) in [5, 5.41) is 3.76. The number of anilines is 2. The van der Waals surface area contributed by atoms with Crippen LogP contribution in [0.3, 0.4) is 0 Å². The maximum Gasteiger partial charge on any atom is 0.142 e. The van der Waals surface area contributed by atoms with E-state index in [1.807, 2.05) is 25.1 Å². The van der Waals surface area contributed by atoms with Gasteiger partial charge in [0.2, 0.25) is 0 Å². The first-order valence-electron chi connectivity index (χ1n) is 6.68. The van der Waals surface area contributed by atoms with Crippen molar-refractivity contribution in [2.75, 3.05) is 12.4 Å². The first kappa shape index (κ1) is 16.0. The molecule has 0 saturated carbocycles. The summed E-state index contributed by atoms with van der Waals surface area (Å²) in [6, 6.07) is 5.75. The Hall–Kier alpha value is -1.33. The lowest BCUT2D eigenvalue weighted by molar-refractivity contribution is 0.416. The molecule has 6 heteroatoms. The minimum Gasteiger partial charge on any atom is -0.495 e. The molecule has 1 aromatic heterocycles. The summed E-state index contributed by atoms with van der Waals surface area (Å²) in [4.78, 5) is 8.84. The third kappa shape index (κ3) is 3.86. The van der Waals surface area contributed by atoms with Crippen LogP contribution in [0.15, 0.2) is 22.7 Å². The SMILES string of the molecule is CCCc1nc(Cl)c(C)c(Nc2cc(Br)ccc2OC)n1. The van der Waals surface area contributed by atoms with E-state index in [-0.39, 0.29) is 0 Å². The molecule has 0 amide bonds. The van der Waals surface area contributed by atoms with E-state index < -0.39 is 0 Å². The fourth-order valence-electron chi connectivity index (χ4n) is 1.90. The van der Waals surface area contributed by atoms with Crippen molar-refractivity contribution in [3.05, 3.63) is 39.2 Å². The molecule has 0 unspecified atom stereocenters. The molecule has 112 valence electrons. The van der Waals surface area contributed by atoms with Crippen molar-refractivity contribution in [1.29, 1.82) is 0 Å². The van der Waals surface area contributed by atoms with Crippen LogP contribution in [0.25, 0.3) is 0 Å². The molecule has 0 spiro atoms. The van der Waals surface area contributed by atoms with Gasteiger partial charge in [0, 0.05) is 16.5 Å². The summed E-state index contributed by atoms with van der Waals surface area (Å²) in [5.74, 6) is 2.18. The Labute approximate surface area is 138 Å². The lowest BCUT2D eigenvalue weighted by Gasteiger charge is -2.14. The van der Waals surface area contributed by atoms with E-state index in [1.54, 1.807) is 7.11 Å². The van der Waals surface area contributed by atoms with Gasteiger partial charge in [-0.2, -0.15) is 0 Å². The van der Waals surface area contributed by atoms with E-state index >= 15 is 0 Å². The Morgan fingerprint density at radius 1 is 1.33 bits per heavy atom. The molecule has 0 saturated heterocycles. The van der Waals surface area contributed by atoms with E-state index in [2.05, 4.69) is 38.1 Å². The quantitative estimate of drug-likeness (QED) is 0.760. The number of halogens is 2. The maximum atomic E-state index is 6.19. The summed E-state index contributed by atoms with van der Waals surface area (Å²) in [7, 11) is 1.64. The van der Waals surface area contributed by atoms with Crippen molar-refractivity contribution in [3.8, 4) is 5.75 Å². The number of nitrogens with zero attached hydrogens (tertiary/aromatic N) is 2. The van der Waals surface area contributed by atoms with E-state index in [9.17, 15) is 0 Å². The van der Waals surface area contributed by atoms with Crippen LogP contribution in [0.1, 0.15) is 24.7 Å². The summed E-state index contributed by atoms with van der Waals surface area (Å²) in [6.45, 7) is 3.98. The Bertz CT molecular complexity index is 649. The fourth-order valence-corrected chi connectivity index (χ4v) is 2.44. The normalized spacial score (nSPS) is 10.5. The number of ether oxygens (including phenoxy) is 1. The maximum absolute atomic E-state index is 6.19. The molecule has 0 radical (unpaired) electrons. The molecule has 2 rings (SSSR count). The highest BCUT2D eigenvalue weighted by Gasteiger charge is 2.12. The van der Waals surface area contributed by atoms with Gasteiger partial charge in [-0.15, -0.1) is 0 Å². The zero-order valence-electron chi connectivity index (χ0n) is 12.2. The molecule has 2 aromatic rings.